The Hall–Kier alpha value is -1.05. The molecule has 2 aliphatic carbocycles. The van der Waals surface area contributed by atoms with Crippen LogP contribution in [0.4, 0.5) is 0 Å². The molecule has 0 fully saturated rings. The second-order valence-electron chi connectivity index (χ2n) is 9.70. The van der Waals surface area contributed by atoms with Crippen molar-refractivity contribution in [2.75, 3.05) is 0 Å². The highest BCUT2D eigenvalue weighted by Crippen LogP contribution is 2.50. The minimum Gasteiger partial charge on any atom is -0.461 e. The van der Waals surface area contributed by atoms with Gasteiger partial charge >= 0.3 is 5.97 Å². The van der Waals surface area contributed by atoms with Crippen LogP contribution in [-0.2, 0) is 9.53 Å². The maximum absolute atomic E-state index is 12.7. The maximum atomic E-state index is 12.7. The SMILES string of the molecule is CCC(C)(C)C(=O)O[C@H]1C[C@@H](C)C=C2C=C[C@H](C)C(C(C)(C)C)[C@H]21. The van der Waals surface area contributed by atoms with Crippen LogP contribution in [0, 0.1) is 34.5 Å². The Morgan fingerprint density at radius 3 is 2.38 bits per heavy atom. The van der Waals surface area contributed by atoms with Crippen molar-refractivity contribution in [1.82, 2.24) is 0 Å². The van der Waals surface area contributed by atoms with Gasteiger partial charge in [-0.3, -0.25) is 4.79 Å². The smallest absolute Gasteiger partial charge is 0.311 e. The number of ether oxygens (including phenoxy) is 1. The highest BCUT2D eigenvalue weighted by Gasteiger charge is 2.46. The quantitative estimate of drug-likeness (QED) is 0.612. The summed E-state index contributed by atoms with van der Waals surface area (Å²) in [5.74, 6) is 1.72. The fourth-order valence-electron chi connectivity index (χ4n) is 4.44. The van der Waals surface area contributed by atoms with Gasteiger partial charge in [-0.15, -0.1) is 0 Å². The van der Waals surface area contributed by atoms with Crippen LogP contribution < -0.4 is 0 Å². The molecule has 2 nitrogen and oxygen atoms in total. The number of fused-ring (bicyclic) bond motifs is 1. The second kappa shape index (κ2) is 6.69. The van der Waals surface area contributed by atoms with E-state index in [0.29, 0.717) is 23.7 Å². The fourth-order valence-corrected chi connectivity index (χ4v) is 4.44. The standard InChI is InChI=1S/C22H36O2/c1-9-22(7,8)20(23)24-17-13-14(2)12-16-11-10-15(3)19(18(16)17)21(4,5)6/h10-12,14-15,17-19H,9,13H2,1-8H3/t14-,15-,17-,18+,19?/m0/s1. The van der Waals surface area contributed by atoms with E-state index in [0.717, 1.165) is 12.8 Å². The van der Waals surface area contributed by atoms with Gasteiger partial charge in [-0.2, -0.15) is 0 Å². The molecule has 0 amide bonds. The van der Waals surface area contributed by atoms with Crippen molar-refractivity contribution >= 4 is 5.97 Å². The van der Waals surface area contributed by atoms with E-state index in [9.17, 15) is 4.79 Å². The van der Waals surface area contributed by atoms with Crippen molar-refractivity contribution in [2.24, 2.45) is 34.5 Å². The zero-order chi connectivity index (χ0) is 18.3. The molecular weight excluding hydrogens is 296 g/mol. The van der Waals surface area contributed by atoms with E-state index in [1.54, 1.807) is 0 Å². The van der Waals surface area contributed by atoms with Gasteiger partial charge in [0.2, 0.25) is 0 Å². The van der Waals surface area contributed by atoms with E-state index in [1.165, 1.54) is 5.57 Å². The number of allylic oxidation sites excluding steroid dienone is 3. The minimum atomic E-state index is -0.405. The first kappa shape index (κ1) is 19.3. The highest BCUT2D eigenvalue weighted by molar-refractivity contribution is 5.76. The third-order valence-corrected chi connectivity index (χ3v) is 6.11. The molecule has 0 heterocycles. The summed E-state index contributed by atoms with van der Waals surface area (Å²) in [6.07, 6.45) is 8.74. The predicted molar refractivity (Wildman–Crippen MR) is 101 cm³/mol. The van der Waals surface area contributed by atoms with Crippen molar-refractivity contribution in [3.63, 3.8) is 0 Å². The summed E-state index contributed by atoms with van der Waals surface area (Å²) in [4.78, 5) is 12.7. The predicted octanol–water partition coefficient (Wildman–Crippen LogP) is 5.79. The van der Waals surface area contributed by atoms with E-state index in [2.05, 4.69) is 59.8 Å². The molecule has 2 aliphatic rings. The summed E-state index contributed by atoms with van der Waals surface area (Å²) in [6.45, 7) is 17.5. The van der Waals surface area contributed by atoms with Crippen LogP contribution in [0.2, 0.25) is 0 Å². The average Bonchev–Trinajstić information content (AvgIpc) is 2.46. The van der Waals surface area contributed by atoms with Gasteiger partial charge in [0.05, 0.1) is 5.41 Å². The van der Waals surface area contributed by atoms with Crippen molar-refractivity contribution in [3.8, 4) is 0 Å². The summed E-state index contributed by atoms with van der Waals surface area (Å²) in [5, 5.41) is 0. The monoisotopic (exact) mass is 332 g/mol. The van der Waals surface area contributed by atoms with Gasteiger partial charge in [0, 0.05) is 5.92 Å². The van der Waals surface area contributed by atoms with Crippen LogP contribution in [-0.4, -0.2) is 12.1 Å². The number of hydrogen-bond donors (Lipinski definition) is 0. The zero-order valence-electron chi connectivity index (χ0n) is 16.8. The van der Waals surface area contributed by atoms with Crippen molar-refractivity contribution < 1.29 is 9.53 Å². The largest absolute Gasteiger partial charge is 0.461 e. The Labute approximate surface area is 148 Å². The van der Waals surface area contributed by atoms with Crippen LogP contribution >= 0.6 is 0 Å². The normalized spacial score (nSPS) is 33.7. The lowest BCUT2D eigenvalue weighted by atomic mass is 9.59. The highest BCUT2D eigenvalue weighted by atomic mass is 16.5. The van der Waals surface area contributed by atoms with E-state index < -0.39 is 5.41 Å². The molecule has 0 spiro atoms. The van der Waals surface area contributed by atoms with Gasteiger partial charge in [-0.1, -0.05) is 59.8 Å². The summed E-state index contributed by atoms with van der Waals surface area (Å²) < 4.78 is 6.15. The topological polar surface area (TPSA) is 26.3 Å². The molecule has 0 radical (unpaired) electrons. The van der Waals surface area contributed by atoms with E-state index >= 15 is 0 Å². The molecule has 2 rings (SSSR count). The number of esters is 1. The summed E-state index contributed by atoms with van der Waals surface area (Å²) >= 11 is 0. The molecule has 136 valence electrons. The van der Waals surface area contributed by atoms with Gasteiger partial charge < -0.3 is 4.74 Å². The van der Waals surface area contributed by atoms with Crippen molar-refractivity contribution in [2.45, 2.75) is 74.3 Å². The number of hydrogen-bond acceptors (Lipinski definition) is 2. The Kier molecular flexibility index (Phi) is 5.37. The van der Waals surface area contributed by atoms with Gasteiger partial charge in [-0.25, -0.2) is 0 Å². The number of carbonyl (C=O) groups is 1. The number of rotatable bonds is 3. The first-order valence-electron chi connectivity index (χ1n) is 9.58. The lowest BCUT2D eigenvalue weighted by Crippen LogP contribution is -2.46. The summed E-state index contributed by atoms with van der Waals surface area (Å²) in [6, 6.07) is 0. The molecule has 0 aromatic heterocycles. The Balaban J connectivity index is 2.36. The first-order valence-corrected chi connectivity index (χ1v) is 9.58. The van der Waals surface area contributed by atoms with E-state index in [-0.39, 0.29) is 17.5 Å². The number of carbonyl (C=O) groups excluding carboxylic acids is 1. The second-order valence-corrected chi connectivity index (χ2v) is 9.70. The van der Waals surface area contributed by atoms with Crippen LogP contribution in [0.1, 0.15) is 68.2 Å². The summed E-state index contributed by atoms with van der Waals surface area (Å²) in [7, 11) is 0. The molecule has 24 heavy (non-hydrogen) atoms. The average molecular weight is 333 g/mol. The van der Waals surface area contributed by atoms with E-state index in [1.807, 2.05) is 13.8 Å². The Morgan fingerprint density at radius 2 is 1.83 bits per heavy atom. The molecule has 0 saturated heterocycles. The molecule has 0 saturated carbocycles. The molecule has 0 aromatic rings. The minimum absolute atomic E-state index is 0.00468. The Morgan fingerprint density at radius 1 is 1.21 bits per heavy atom. The lowest BCUT2D eigenvalue weighted by Gasteiger charge is -2.48. The molecule has 1 unspecified atom stereocenters. The van der Waals surface area contributed by atoms with Crippen LogP contribution in [0.5, 0.6) is 0 Å². The van der Waals surface area contributed by atoms with Gasteiger partial charge in [0.25, 0.3) is 0 Å². The molecule has 2 heteroatoms. The molecule has 0 aliphatic heterocycles. The zero-order valence-corrected chi connectivity index (χ0v) is 16.8. The van der Waals surface area contributed by atoms with Crippen molar-refractivity contribution in [1.29, 1.82) is 0 Å². The molecule has 5 atom stereocenters. The molecular formula is C22H36O2. The van der Waals surface area contributed by atoms with Gasteiger partial charge in [0.1, 0.15) is 6.10 Å². The Bertz CT molecular complexity index is 533. The van der Waals surface area contributed by atoms with Crippen molar-refractivity contribution in [3.05, 3.63) is 23.8 Å². The fraction of sp³-hybridized carbons (Fsp3) is 0.773. The maximum Gasteiger partial charge on any atom is 0.311 e. The third kappa shape index (κ3) is 3.78. The summed E-state index contributed by atoms with van der Waals surface area (Å²) in [5.41, 5.74) is 1.15. The van der Waals surface area contributed by atoms with E-state index in [4.69, 9.17) is 4.74 Å². The molecule has 0 aromatic carbocycles. The first-order chi connectivity index (χ1) is 11.0. The van der Waals surface area contributed by atoms with Gasteiger partial charge in [-0.05, 0) is 55.4 Å². The van der Waals surface area contributed by atoms with Gasteiger partial charge in [0.15, 0.2) is 0 Å². The third-order valence-electron chi connectivity index (χ3n) is 6.11. The van der Waals surface area contributed by atoms with Crippen LogP contribution in [0.25, 0.3) is 0 Å². The van der Waals surface area contributed by atoms with Crippen LogP contribution in [0.15, 0.2) is 23.8 Å². The molecule has 0 bridgehead atoms. The lowest BCUT2D eigenvalue weighted by molar-refractivity contribution is -0.165. The van der Waals surface area contributed by atoms with Crippen LogP contribution in [0.3, 0.4) is 0 Å². The molecule has 0 N–H and O–H groups in total.